The van der Waals surface area contributed by atoms with Gasteiger partial charge in [0, 0.05) is 16.7 Å². The van der Waals surface area contributed by atoms with Gasteiger partial charge in [-0.3, -0.25) is 0 Å². The average molecular weight is 239 g/mol. The number of nitrogens with zero attached hydrogens (tertiary/aromatic N) is 1. The molecule has 4 heteroatoms. The van der Waals surface area contributed by atoms with Crippen molar-refractivity contribution in [1.29, 1.82) is 0 Å². The fraction of sp³-hybridized carbons (Fsp3) is 0.364. The Morgan fingerprint density at radius 3 is 2.67 bits per heavy atom. The molecular formula is C11H13NOS2. The molecule has 1 atom stereocenters. The van der Waals surface area contributed by atoms with E-state index in [0.29, 0.717) is 6.42 Å². The zero-order valence-electron chi connectivity index (χ0n) is 8.73. The Morgan fingerprint density at radius 2 is 2.13 bits per heavy atom. The molecule has 1 unspecified atom stereocenters. The van der Waals surface area contributed by atoms with E-state index in [0.717, 1.165) is 16.3 Å². The molecular weight excluding hydrogens is 226 g/mol. The molecule has 0 saturated carbocycles. The number of rotatable bonds is 3. The highest BCUT2D eigenvalue weighted by Gasteiger charge is 2.11. The van der Waals surface area contributed by atoms with Crippen LogP contribution in [0.2, 0.25) is 0 Å². The van der Waals surface area contributed by atoms with Crippen LogP contribution in [0.1, 0.15) is 27.2 Å². The molecule has 0 saturated heterocycles. The molecule has 2 aromatic heterocycles. The Hall–Kier alpha value is -0.710. The van der Waals surface area contributed by atoms with Crippen molar-refractivity contribution in [3.8, 4) is 0 Å². The highest BCUT2D eigenvalue weighted by molar-refractivity contribution is 7.10. The van der Waals surface area contributed by atoms with E-state index in [1.54, 1.807) is 22.7 Å². The lowest BCUT2D eigenvalue weighted by molar-refractivity contribution is 0.178. The SMILES string of the molecule is Cc1cc(C(O)Cc2csc(C)n2)cs1. The summed E-state index contributed by atoms with van der Waals surface area (Å²) in [4.78, 5) is 5.58. The van der Waals surface area contributed by atoms with Crippen LogP contribution in [0.3, 0.4) is 0 Å². The second-order valence-corrected chi connectivity index (χ2v) is 5.75. The number of hydrogen-bond donors (Lipinski definition) is 1. The van der Waals surface area contributed by atoms with Crippen LogP contribution in [-0.4, -0.2) is 10.1 Å². The minimum absolute atomic E-state index is 0.420. The summed E-state index contributed by atoms with van der Waals surface area (Å²) in [5.74, 6) is 0. The van der Waals surface area contributed by atoms with Crippen molar-refractivity contribution in [3.05, 3.63) is 38.0 Å². The maximum absolute atomic E-state index is 9.97. The van der Waals surface area contributed by atoms with Gasteiger partial charge in [0.25, 0.3) is 0 Å². The largest absolute Gasteiger partial charge is 0.388 e. The first kappa shape index (κ1) is 10.8. The van der Waals surface area contributed by atoms with E-state index in [1.165, 1.54) is 4.88 Å². The van der Waals surface area contributed by atoms with Crippen molar-refractivity contribution in [3.63, 3.8) is 0 Å². The number of aromatic nitrogens is 1. The molecule has 1 N–H and O–H groups in total. The quantitative estimate of drug-likeness (QED) is 0.893. The number of thiazole rings is 1. The van der Waals surface area contributed by atoms with Crippen LogP contribution in [0.4, 0.5) is 0 Å². The molecule has 2 aromatic rings. The van der Waals surface area contributed by atoms with Crippen molar-refractivity contribution in [1.82, 2.24) is 4.98 Å². The van der Waals surface area contributed by atoms with Crippen molar-refractivity contribution >= 4 is 22.7 Å². The Balaban J connectivity index is 2.06. The van der Waals surface area contributed by atoms with Gasteiger partial charge in [-0.1, -0.05) is 0 Å². The standard InChI is InChI=1S/C11H13NOS2/c1-7-3-9(5-14-7)11(13)4-10-6-15-8(2)12-10/h3,5-6,11,13H,4H2,1-2H3. The number of aliphatic hydroxyl groups is 1. The summed E-state index contributed by atoms with van der Waals surface area (Å²) in [6, 6.07) is 2.04. The summed E-state index contributed by atoms with van der Waals surface area (Å²) >= 11 is 3.30. The molecule has 0 aliphatic rings. The van der Waals surface area contributed by atoms with Crippen LogP contribution in [0, 0.1) is 13.8 Å². The molecule has 0 aliphatic heterocycles. The van der Waals surface area contributed by atoms with Crippen LogP contribution >= 0.6 is 22.7 Å². The highest BCUT2D eigenvalue weighted by Crippen LogP contribution is 2.23. The molecule has 0 spiro atoms. The lowest BCUT2D eigenvalue weighted by Crippen LogP contribution is -2.00. The van der Waals surface area contributed by atoms with E-state index in [-0.39, 0.29) is 0 Å². The summed E-state index contributed by atoms with van der Waals surface area (Å²) < 4.78 is 0. The second-order valence-electron chi connectivity index (χ2n) is 3.57. The number of aryl methyl sites for hydroxylation is 2. The average Bonchev–Trinajstić information content (AvgIpc) is 2.75. The van der Waals surface area contributed by atoms with Gasteiger partial charge in [-0.2, -0.15) is 0 Å². The normalized spacial score (nSPS) is 13.0. The van der Waals surface area contributed by atoms with Gasteiger partial charge in [0.05, 0.1) is 16.8 Å². The molecule has 0 fully saturated rings. The summed E-state index contributed by atoms with van der Waals surface area (Å²) in [5.41, 5.74) is 1.98. The lowest BCUT2D eigenvalue weighted by atomic mass is 10.1. The van der Waals surface area contributed by atoms with E-state index >= 15 is 0 Å². The van der Waals surface area contributed by atoms with Crippen molar-refractivity contribution < 1.29 is 5.11 Å². The maximum Gasteiger partial charge on any atom is 0.0897 e. The van der Waals surface area contributed by atoms with Crippen molar-refractivity contribution in [2.75, 3.05) is 0 Å². The summed E-state index contributed by atoms with van der Waals surface area (Å²) in [6.45, 7) is 4.03. The molecule has 0 bridgehead atoms. The third-order valence-electron chi connectivity index (χ3n) is 2.20. The van der Waals surface area contributed by atoms with Crippen molar-refractivity contribution in [2.45, 2.75) is 26.4 Å². The van der Waals surface area contributed by atoms with Gasteiger partial charge < -0.3 is 5.11 Å². The third-order valence-corrected chi connectivity index (χ3v) is 3.91. The third kappa shape index (κ3) is 2.65. The molecule has 0 radical (unpaired) electrons. The molecule has 0 aliphatic carbocycles. The Kier molecular flexibility index (Phi) is 3.19. The fourth-order valence-corrected chi connectivity index (χ4v) is 2.83. The van der Waals surface area contributed by atoms with E-state index in [2.05, 4.69) is 4.98 Å². The Bertz CT molecular complexity index is 447. The van der Waals surface area contributed by atoms with Gasteiger partial charge in [-0.05, 0) is 30.9 Å². The summed E-state index contributed by atoms with van der Waals surface area (Å²) in [6.07, 6.45) is 0.192. The minimum Gasteiger partial charge on any atom is -0.388 e. The predicted octanol–water partition coefficient (Wildman–Crippen LogP) is 3.10. The summed E-state index contributed by atoms with van der Waals surface area (Å²) in [7, 11) is 0. The van der Waals surface area contributed by atoms with Gasteiger partial charge in [0.2, 0.25) is 0 Å². The lowest BCUT2D eigenvalue weighted by Gasteiger charge is -2.05. The number of thiophene rings is 1. The number of aliphatic hydroxyl groups excluding tert-OH is 1. The zero-order chi connectivity index (χ0) is 10.8. The van der Waals surface area contributed by atoms with Gasteiger partial charge >= 0.3 is 0 Å². The van der Waals surface area contributed by atoms with Crippen LogP contribution < -0.4 is 0 Å². The van der Waals surface area contributed by atoms with Crippen LogP contribution in [0.5, 0.6) is 0 Å². The van der Waals surface area contributed by atoms with Gasteiger partial charge in [0.1, 0.15) is 0 Å². The molecule has 2 rings (SSSR count). The van der Waals surface area contributed by atoms with Crippen LogP contribution in [0.15, 0.2) is 16.8 Å². The first-order chi connectivity index (χ1) is 7.15. The topological polar surface area (TPSA) is 33.1 Å². The molecule has 15 heavy (non-hydrogen) atoms. The molecule has 80 valence electrons. The van der Waals surface area contributed by atoms with E-state index in [4.69, 9.17) is 0 Å². The van der Waals surface area contributed by atoms with Gasteiger partial charge in [-0.25, -0.2) is 4.98 Å². The molecule has 2 heterocycles. The van der Waals surface area contributed by atoms with Crippen molar-refractivity contribution in [2.24, 2.45) is 0 Å². The molecule has 0 aromatic carbocycles. The zero-order valence-corrected chi connectivity index (χ0v) is 10.4. The number of hydrogen-bond acceptors (Lipinski definition) is 4. The maximum atomic E-state index is 9.97. The van der Waals surface area contributed by atoms with Crippen LogP contribution in [0.25, 0.3) is 0 Å². The van der Waals surface area contributed by atoms with E-state index in [9.17, 15) is 5.11 Å². The first-order valence-corrected chi connectivity index (χ1v) is 6.55. The Morgan fingerprint density at radius 1 is 1.33 bits per heavy atom. The summed E-state index contributed by atoms with van der Waals surface area (Å²) in [5, 5.41) is 15.0. The monoisotopic (exact) mass is 239 g/mol. The first-order valence-electron chi connectivity index (χ1n) is 4.79. The van der Waals surface area contributed by atoms with Gasteiger partial charge in [-0.15, -0.1) is 22.7 Å². The minimum atomic E-state index is -0.420. The fourth-order valence-electron chi connectivity index (χ4n) is 1.46. The molecule has 2 nitrogen and oxygen atoms in total. The smallest absolute Gasteiger partial charge is 0.0897 e. The predicted molar refractivity (Wildman–Crippen MR) is 64.6 cm³/mol. The highest BCUT2D eigenvalue weighted by atomic mass is 32.1. The molecule has 0 amide bonds. The van der Waals surface area contributed by atoms with E-state index < -0.39 is 6.10 Å². The van der Waals surface area contributed by atoms with Gasteiger partial charge in [0.15, 0.2) is 0 Å². The second kappa shape index (κ2) is 4.43. The van der Waals surface area contributed by atoms with E-state index in [1.807, 2.05) is 30.7 Å². The Labute approximate surface area is 97.2 Å². The van der Waals surface area contributed by atoms with Crippen LogP contribution in [-0.2, 0) is 6.42 Å².